The van der Waals surface area contributed by atoms with E-state index in [1.807, 2.05) is 0 Å². The summed E-state index contributed by atoms with van der Waals surface area (Å²) in [4.78, 5) is 0. The van der Waals surface area contributed by atoms with E-state index in [4.69, 9.17) is 9.47 Å². The van der Waals surface area contributed by atoms with Crippen molar-refractivity contribution in [3.63, 3.8) is 0 Å². The van der Waals surface area contributed by atoms with Crippen LogP contribution in [0.2, 0.25) is 0 Å². The molecule has 0 N–H and O–H groups in total. The average Bonchev–Trinajstić information content (AvgIpc) is 2.21. The van der Waals surface area contributed by atoms with Crippen molar-refractivity contribution >= 4 is 12.6 Å². The molecule has 2 nitrogen and oxygen atoms in total. The molecule has 0 radical (unpaired) electrons. The van der Waals surface area contributed by atoms with E-state index < -0.39 is 0 Å². The quantitative estimate of drug-likeness (QED) is 0.426. The second kappa shape index (κ2) is 13.3. The monoisotopic (exact) mass is 220 g/mol. The SMILES string of the molecule is CCCCCCCOCCOCCS. The van der Waals surface area contributed by atoms with Crippen LogP contribution in [0.1, 0.15) is 39.0 Å². The fraction of sp³-hybridized carbons (Fsp3) is 1.00. The van der Waals surface area contributed by atoms with Crippen LogP contribution >= 0.6 is 12.6 Å². The molecular weight excluding hydrogens is 196 g/mol. The third-order valence-electron chi connectivity index (χ3n) is 2.00. The maximum absolute atomic E-state index is 5.41. The van der Waals surface area contributed by atoms with Gasteiger partial charge in [0.05, 0.1) is 19.8 Å². The third-order valence-corrected chi connectivity index (χ3v) is 2.18. The van der Waals surface area contributed by atoms with Crippen molar-refractivity contribution in [3.05, 3.63) is 0 Å². The molecule has 0 spiro atoms. The molecule has 0 bridgehead atoms. The maximum atomic E-state index is 5.41. The average molecular weight is 220 g/mol. The zero-order valence-electron chi connectivity index (χ0n) is 9.33. The lowest BCUT2D eigenvalue weighted by atomic mass is 10.2. The van der Waals surface area contributed by atoms with E-state index in [1.165, 1.54) is 32.1 Å². The van der Waals surface area contributed by atoms with Crippen LogP contribution in [0.5, 0.6) is 0 Å². The molecule has 0 aliphatic rings. The van der Waals surface area contributed by atoms with E-state index in [-0.39, 0.29) is 0 Å². The first-order valence-electron chi connectivity index (χ1n) is 5.68. The maximum Gasteiger partial charge on any atom is 0.0700 e. The highest BCUT2D eigenvalue weighted by molar-refractivity contribution is 7.80. The standard InChI is InChI=1S/C11H24O2S/c1-2-3-4-5-6-7-12-8-9-13-10-11-14/h14H,2-11H2,1H3. The number of unbranched alkanes of at least 4 members (excludes halogenated alkanes) is 4. The van der Waals surface area contributed by atoms with Gasteiger partial charge in [-0.25, -0.2) is 0 Å². The van der Waals surface area contributed by atoms with Gasteiger partial charge in [-0.15, -0.1) is 0 Å². The molecule has 0 atom stereocenters. The van der Waals surface area contributed by atoms with Gasteiger partial charge < -0.3 is 9.47 Å². The van der Waals surface area contributed by atoms with E-state index in [2.05, 4.69) is 19.6 Å². The minimum absolute atomic E-state index is 0.704. The second-order valence-electron chi connectivity index (χ2n) is 3.36. The van der Waals surface area contributed by atoms with Gasteiger partial charge in [0.2, 0.25) is 0 Å². The molecule has 0 aromatic carbocycles. The molecule has 0 aromatic rings. The van der Waals surface area contributed by atoms with Gasteiger partial charge >= 0.3 is 0 Å². The van der Waals surface area contributed by atoms with Crippen LogP contribution in [0.3, 0.4) is 0 Å². The van der Waals surface area contributed by atoms with Crippen LogP contribution in [-0.2, 0) is 9.47 Å². The molecule has 14 heavy (non-hydrogen) atoms. The molecule has 0 fully saturated rings. The Hall–Kier alpha value is 0.270. The number of hydrogen-bond donors (Lipinski definition) is 1. The normalized spacial score (nSPS) is 10.7. The summed E-state index contributed by atoms with van der Waals surface area (Å²) in [6.45, 7) is 5.27. The summed E-state index contributed by atoms with van der Waals surface area (Å²) in [6, 6.07) is 0. The highest BCUT2D eigenvalue weighted by Gasteiger charge is 1.90. The number of hydrogen-bond acceptors (Lipinski definition) is 3. The van der Waals surface area contributed by atoms with Gasteiger partial charge in [0.15, 0.2) is 0 Å². The molecule has 0 saturated carbocycles. The Kier molecular flexibility index (Phi) is 13.5. The minimum atomic E-state index is 0.704. The largest absolute Gasteiger partial charge is 0.379 e. The van der Waals surface area contributed by atoms with Crippen LogP contribution in [0.4, 0.5) is 0 Å². The zero-order valence-corrected chi connectivity index (χ0v) is 10.2. The van der Waals surface area contributed by atoms with E-state index >= 15 is 0 Å². The minimum Gasteiger partial charge on any atom is -0.379 e. The van der Waals surface area contributed by atoms with Crippen LogP contribution < -0.4 is 0 Å². The molecule has 0 rings (SSSR count). The third kappa shape index (κ3) is 12.3. The van der Waals surface area contributed by atoms with Crippen LogP contribution in [0, 0.1) is 0 Å². The van der Waals surface area contributed by atoms with Crippen molar-refractivity contribution < 1.29 is 9.47 Å². The van der Waals surface area contributed by atoms with Crippen LogP contribution in [0.15, 0.2) is 0 Å². The van der Waals surface area contributed by atoms with E-state index in [9.17, 15) is 0 Å². The summed E-state index contributed by atoms with van der Waals surface area (Å²) < 4.78 is 10.6. The second-order valence-corrected chi connectivity index (χ2v) is 3.81. The molecule has 0 aromatic heterocycles. The van der Waals surface area contributed by atoms with Crippen molar-refractivity contribution in [1.29, 1.82) is 0 Å². The van der Waals surface area contributed by atoms with Gasteiger partial charge in [0.25, 0.3) is 0 Å². The molecule has 86 valence electrons. The Morgan fingerprint density at radius 1 is 0.786 bits per heavy atom. The van der Waals surface area contributed by atoms with Crippen LogP contribution in [0.25, 0.3) is 0 Å². The van der Waals surface area contributed by atoms with E-state index in [0.29, 0.717) is 6.61 Å². The predicted molar refractivity (Wildman–Crippen MR) is 64.3 cm³/mol. The fourth-order valence-corrected chi connectivity index (χ4v) is 1.32. The number of thiol groups is 1. The summed E-state index contributed by atoms with van der Waals surface area (Å²) in [5.74, 6) is 0.789. The molecule has 0 aliphatic heterocycles. The number of rotatable bonds is 11. The van der Waals surface area contributed by atoms with Gasteiger partial charge in [-0.2, -0.15) is 12.6 Å². The van der Waals surface area contributed by atoms with Gasteiger partial charge in [-0.05, 0) is 6.42 Å². The Bertz CT molecular complexity index is 87.3. The Morgan fingerprint density at radius 2 is 1.43 bits per heavy atom. The van der Waals surface area contributed by atoms with Gasteiger partial charge in [-0.1, -0.05) is 32.6 Å². The van der Waals surface area contributed by atoms with Crippen molar-refractivity contribution in [2.45, 2.75) is 39.0 Å². The van der Waals surface area contributed by atoms with Crippen molar-refractivity contribution in [2.75, 3.05) is 32.2 Å². The van der Waals surface area contributed by atoms with Gasteiger partial charge in [-0.3, -0.25) is 0 Å². The topological polar surface area (TPSA) is 18.5 Å². The molecule has 0 unspecified atom stereocenters. The van der Waals surface area contributed by atoms with Crippen molar-refractivity contribution in [1.82, 2.24) is 0 Å². The first-order chi connectivity index (χ1) is 6.91. The summed E-state index contributed by atoms with van der Waals surface area (Å²) in [6.07, 6.45) is 6.48. The lowest BCUT2D eigenvalue weighted by Crippen LogP contribution is -2.06. The van der Waals surface area contributed by atoms with Gasteiger partial charge in [0.1, 0.15) is 0 Å². The molecule has 3 heteroatoms. The van der Waals surface area contributed by atoms with E-state index in [0.717, 1.165) is 25.6 Å². The van der Waals surface area contributed by atoms with Gasteiger partial charge in [0, 0.05) is 12.4 Å². The lowest BCUT2D eigenvalue weighted by Gasteiger charge is -2.04. The smallest absolute Gasteiger partial charge is 0.0700 e. The summed E-state index contributed by atoms with van der Waals surface area (Å²) in [5.41, 5.74) is 0. The highest BCUT2D eigenvalue weighted by atomic mass is 32.1. The van der Waals surface area contributed by atoms with E-state index in [1.54, 1.807) is 0 Å². The Morgan fingerprint density at radius 3 is 2.07 bits per heavy atom. The first-order valence-corrected chi connectivity index (χ1v) is 6.31. The molecule has 0 aliphatic carbocycles. The van der Waals surface area contributed by atoms with Crippen molar-refractivity contribution in [3.8, 4) is 0 Å². The summed E-state index contributed by atoms with van der Waals surface area (Å²) >= 11 is 4.05. The number of ether oxygens (including phenoxy) is 2. The Balaban J connectivity index is 2.78. The Labute approximate surface area is 93.8 Å². The molecule has 0 saturated heterocycles. The highest BCUT2D eigenvalue weighted by Crippen LogP contribution is 2.02. The molecule has 0 amide bonds. The summed E-state index contributed by atoms with van der Waals surface area (Å²) in [5, 5.41) is 0. The van der Waals surface area contributed by atoms with Crippen molar-refractivity contribution in [2.24, 2.45) is 0 Å². The molecular formula is C11H24O2S. The predicted octanol–water partition coefficient (Wildman–Crippen LogP) is 2.92. The fourth-order valence-electron chi connectivity index (χ4n) is 1.19. The molecule has 0 heterocycles. The van der Waals surface area contributed by atoms with Crippen LogP contribution in [-0.4, -0.2) is 32.2 Å². The zero-order chi connectivity index (χ0) is 10.5. The summed E-state index contributed by atoms with van der Waals surface area (Å²) in [7, 11) is 0. The first kappa shape index (κ1) is 14.3. The lowest BCUT2D eigenvalue weighted by molar-refractivity contribution is 0.0523.